The van der Waals surface area contributed by atoms with Gasteiger partial charge in [-0.3, -0.25) is 0 Å². The fourth-order valence-electron chi connectivity index (χ4n) is 1.57. The number of aliphatic hydroxyl groups is 2. The van der Waals surface area contributed by atoms with Crippen LogP contribution in [0.1, 0.15) is 23.9 Å². The summed E-state index contributed by atoms with van der Waals surface area (Å²) >= 11 is 1.63. The second kappa shape index (κ2) is 9.39. The maximum Gasteiger partial charge on any atom is 0.0897 e. The molecule has 0 aromatic carbocycles. The van der Waals surface area contributed by atoms with E-state index in [9.17, 15) is 10.2 Å². The molecule has 0 aliphatic rings. The predicted octanol–water partition coefficient (Wildman–Crippen LogP) is 0.732. The minimum absolute atomic E-state index is 0.313. The highest BCUT2D eigenvalue weighted by atomic mass is 32.1. The quantitative estimate of drug-likeness (QED) is 0.554. The van der Waals surface area contributed by atoms with Crippen LogP contribution < -0.4 is 5.32 Å². The molecule has 2 atom stereocenters. The van der Waals surface area contributed by atoms with E-state index in [4.69, 9.17) is 4.74 Å². The lowest BCUT2D eigenvalue weighted by molar-refractivity contribution is 0.0366. The lowest BCUT2D eigenvalue weighted by Gasteiger charge is -2.14. The Bertz CT molecular complexity index is 346. The van der Waals surface area contributed by atoms with E-state index >= 15 is 0 Å². The van der Waals surface area contributed by atoms with Crippen LogP contribution in [-0.4, -0.2) is 53.7 Å². The molecule has 3 N–H and O–H groups in total. The summed E-state index contributed by atoms with van der Waals surface area (Å²) < 4.78 is 5.43. The van der Waals surface area contributed by atoms with Gasteiger partial charge in [-0.25, -0.2) is 4.98 Å². The van der Waals surface area contributed by atoms with Crippen LogP contribution in [0.2, 0.25) is 0 Å². The van der Waals surface area contributed by atoms with Crippen LogP contribution in [0.3, 0.4) is 0 Å². The number of rotatable bonds is 10. The standard InChI is InChI=1S/C13H24N2O3S/c1-3-11(16)6-14-7-12(17)8-18-5-4-13-10(2)15-9-19-13/h9,11-12,14,16-17H,3-8H2,1-2H3. The van der Waals surface area contributed by atoms with E-state index in [1.54, 1.807) is 11.3 Å². The van der Waals surface area contributed by atoms with Crippen LogP contribution in [0.5, 0.6) is 0 Å². The van der Waals surface area contributed by atoms with Crippen LogP contribution >= 0.6 is 11.3 Å². The Morgan fingerprint density at radius 1 is 1.37 bits per heavy atom. The number of aryl methyl sites for hydroxylation is 1. The number of thiazole rings is 1. The van der Waals surface area contributed by atoms with Crippen LogP contribution in [0.25, 0.3) is 0 Å². The summed E-state index contributed by atoms with van der Waals surface area (Å²) in [5.41, 5.74) is 2.90. The molecule has 19 heavy (non-hydrogen) atoms. The molecule has 0 radical (unpaired) electrons. The zero-order chi connectivity index (χ0) is 14.1. The fraction of sp³-hybridized carbons (Fsp3) is 0.769. The molecule has 110 valence electrons. The number of nitrogens with zero attached hydrogens (tertiary/aromatic N) is 1. The molecule has 0 aliphatic heterocycles. The first kappa shape index (κ1) is 16.5. The minimum atomic E-state index is -0.536. The number of nitrogens with one attached hydrogen (secondary N) is 1. The Hall–Kier alpha value is -0.530. The average Bonchev–Trinajstić information content (AvgIpc) is 2.80. The molecule has 1 heterocycles. The Labute approximate surface area is 118 Å². The van der Waals surface area contributed by atoms with Crippen molar-refractivity contribution in [3.8, 4) is 0 Å². The normalized spacial score (nSPS) is 14.5. The highest BCUT2D eigenvalue weighted by Crippen LogP contribution is 2.12. The molecule has 1 rings (SSSR count). The Morgan fingerprint density at radius 2 is 2.11 bits per heavy atom. The number of hydrogen-bond donors (Lipinski definition) is 3. The van der Waals surface area contributed by atoms with Crippen LogP contribution in [0.15, 0.2) is 5.51 Å². The summed E-state index contributed by atoms with van der Waals surface area (Å²) in [6.45, 7) is 5.77. The van der Waals surface area contributed by atoms with E-state index in [0.717, 1.165) is 12.1 Å². The predicted molar refractivity (Wildman–Crippen MR) is 76.5 cm³/mol. The second-order valence-electron chi connectivity index (χ2n) is 4.56. The molecular formula is C13H24N2O3S. The zero-order valence-electron chi connectivity index (χ0n) is 11.6. The third kappa shape index (κ3) is 6.98. The molecular weight excluding hydrogens is 264 g/mol. The lowest BCUT2D eigenvalue weighted by atomic mass is 10.2. The highest BCUT2D eigenvalue weighted by molar-refractivity contribution is 7.09. The summed E-state index contributed by atoms with van der Waals surface area (Å²) in [4.78, 5) is 5.41. The molecule has 0 amide bonds. The molecule has 1 aromatic heterocycles. The molecule has 5 nitrogen and oxygen atoms in total. The van der Waals surface area contributed by atoms with E-state index in [1.165, 1.54) is 4.88 Å². The van der Waals surface area contributed by atoms with Gasteiger partial charge in [0.05, 0.1) is 36.6 Å². The van der Waals surface area contributed by atoms with Crippen molar-refractivity contribution < 1.29 is 14.9 Å². The van der Waals surface area contributed by atoms with Crippen molar-refractivity contribution >= 4 is 11.3 Å². The fourth-order valence-corrected chi connectivity index (χ4v) is 2.33. The van der Waals surface area contributed by atoms with Crippen molar-refractivity contribution in [2.75, 3.05) is 26.3 Å². The van der Waals surface area contributed by atoms with Gasteiger partial charge in [0.1, 0.15) is 0 Å². The smallest absolute Gasteiger partial charge is 0.0897 e. The SMILES string of the molecule is CCC(O)CNCC(O)COCCc1scnc1C. The van der Waals surface area contributed by atoms with Gasteiger partial charge in [-0.2, -0.15) is 0 Å². The summed E-state index contributed by atoms with van der Waals surface area (Å²) in [6.07, 6.45) is 0.674. The van der Waals surface area contributed by atoms with Crippen molar-refractivity contribution in [2.45, 2.75) is 38.9 Å². The number of aromatic nitrogens is 1. The van der Waals surface area contributed by atoms with Gasteiger partial charge in [0.25, 0.3) is 0 Å². The minimum Gasteiger partial charge on any atom is -0.392 e. The topological polar surface area (TPSA) is 74.6 Å². The Kier molecular flexibility index (Phi) is 8.16. The maximum absolute atomic E-state index is 9.67. The van der Waals surface area contributed by atoms with Gasteiger partial charge in [-0.1, -0.05) is 6.92 Å². The number of aliphatic hydroxyl groups excluding tert-OH is 2. The van der Waals surface area contributed by atoms with Crippen molar-refractivity contribution in [1.29, 1.82) is 0 Å². The van der Waals surface area contributed by atoms with Crippen LogP contribution in [0, 0.1) is 6.92 Å². The van der Waals surface area contributed by atoms with Gasteiger partial charge in [0.15, 0.2) is 0 Å². The lowest BCUT2D eigenvalue weighted by Crippen LogP contribution is -2.35. The summed E-state index contributed by atoms with van der Waals surface area (Å²) in [5, 5.41) is 22.0. The molecule has 6 heteroatoms. The zero-order valence-corrected chi connectivity index (χ0v) is 12.4. The van der Waals surface area contributed by atoms with E-state index in [-0.39, 0.29) is 6.10 Å². The monoisotopic (exact) mass is 288 g/mol. The summed E-state index contributed by atoms with van der Waals surface area (Å²) in [6, 6.07) is 0. The molecule has 0 spiro atoms. The van der Waals surface area contributed by atoms with Gasteiger partial charge in [0, 0.05) is 24.4 Å². The van der Waals surface area contributed by atoms with Crippen LogP contribution in [0.4, 0.5) is 0 Å². The molecule has 0 bridgehead atoms. The van der Waals surface area contributed by atoms with Gasteiger partial charge >= 0.3 is 0 Å². The Morgan fingerprint density at radius 3 is 2.74 bits per heavy atom. The number of hydrogen-bond acceptors (Lipinski definition) is 6. The average molecular weight is 288 g/mol. The molecule has 0 saturated heterocycles. The van der Waals surface area contributed by atoms with Crippen molar-refractivity contribution in [2.24, 2.45) is 0 Å². The first-order chi connectivity index (χ1) is 9.13. The van der Waals surface area contributed by atoms with E-state index in [1.807, 2.05) is 19.4 Å². The molecule has 0 aliphatic carbocycles. The largest absolute Gasteiger partial charge is 0.392 e. The van der Waals surface area contributed by atoms with Crippen LogP contribution in [-0.2, 0) is 11.2 Å². The number of ether oxygens (including phenoxy) is 1. The third-order valence-corrected chi connectivity index (χ3v) is 3.85. The first-order valence-electron chi connectivity index (χ1n) is 6.67. The molecule has 0 saturated carbocycles. The highest BCUT2D eigenvalue weighted by Gasteiger charge is 2.06. The van der Waals surface area contributed by atoms with Gasteiger partial charge in [0.2, 0.25) is 0 Å². The molecule has 1 aromatic rings. The van der Waals surface area contributed by atoms with Crippen molar-refractivity contribution in [1.82, 2.24) is 10.3 Å². The first-order valence-corrected chi connectivity index (χ1v) is 7.55. The maximum atomic E-state index is 9.67. The van der Waals surface area contributed by atoms with E-state index in [2.05, 4.69) is 10.3 Å². The summed E-state index contributed by atoms with van der Waals surface area (Å²) in [7, 11) is 0. The molecule has 2 unspecified atom stereocenters. The van der Waals surface area contributed by atoms with Crippen molar-refractivity contribution in [3.63, 3.8) is 0 Å². The van der Waals surface area contributed by atoms with Gasteiger partial charge in [-0.05, 0) is 13.3 Å². The third-order valence-electron chi connectivity index (χ3n) is 2.86. The molecule has 0 fully saturated rings. The van der Waals surface area contributed by atoms with E-state index in [0.29, 0.717) is 32.7 Å². The van der Waals surface area contributed by atoms with Gasteiger partial charge < -0.3 is 20.3 Å². The van der Waals surface area contributed by atoms with Crippen molar-refractivity contribution in [3.05, 3.63) is 16.1 Å². The van der Waals surface area contributed by atoms with E-state index < -0.39 is 6.10 Å². The second-order valence-corrected chi connectivity index (χ2v) is 5.50. The summed E-state index contributed by atoms with van der Waals surface area (Å²) in [5.74, 6) is 0. The van der Waals surface area contributed by atoms with Gasteiger partial charge in [-0.15, -0.1) is 11.3 Å². The Balaban J connectivity index is 2.01.